The molecule has 2 N–H and O–H groups in total. The summed E-state index contributed by atoms with van der Waals surface area (Å²) in [5.74, 6) is 0.932. The minimum absolute atomic E-state index is 0.615. The van der Waals surface area contributed by atoms with E-state index in [1.807, 2.05) is 12.3 Å². The summed E-state index contributed by atoms with van der Waals surface area (Å²) in [4.78, 5) is 14.2. The molecule has 5 heteroatoms. The number of H-pyrrole nitrogens is 1. The van der Waals surface area contributed by atoms with Crippen molar-refractivity contribution >= 4 is 16.9 Å². The van der Waals surface area contributed by atoms with Crippen molar-refractivity contribution in [1.82, 2.24) is 19.9 Å². The predicted octanol–water partition coefficient (Wildman–Crippen LogP) is 2.24. The van der Waals surface area contributed by atoms with Gasteiger partial charge in [-0.3, -0.25) is 4.90 Å². The molecule has 102 valence electrons. The highest BCUT2D eigenvalue weighted by atomic mass is 15.2. The van der Waals surface area contributed by atoms with E-state index in [4.69, 9.17) is 0 Å². The van der Waals surface area contributed by atoms with Crippen LogP contribution in [-0.2, 0) is 0 Å². The van der Waals surface area contributed by atoms with Gasteiger partial charge in [0.05, 0.1) is 5.39 Å². The number of fused-ring (bicyclic) bond motifs is 1. The molecule has 0 aromatic carbocycles. The van der Waals surface area contributed by atoms with Gasteiger partial charge in [0.15, 0.2) is 0 Å². The van der Waals surface area contributed by atoms with Gasteiger partial charge in [0, 0.05) is 24.8 Å². The second kappa shape index (κ2) is 5.17. The third-order valence-corrected chi connectivity index (χ3v) is 3.95. The summed E-state index contributed by atoms with van der Waals surface area (Å²) in [5, 5.41) is 4.55. The van der Waals surface area contributed by atoms with Crippen LogP contribution in [0.5, 0.6) is 0 Å². The Morgan fingerprint density at radius 3 is 3.21 bits per heavy atom. The van der Waals surface area contributed by atoms with Gasteiger partial charge in [0.2, 0.25) is 0 Å². The molecule has 0 saturated carbocycles. The number of nitrogens with zero attached hydrogens (tertiary/aromatic N) is 3. The number of aromatic amines is 1. The molecule has 1 atom stereocenters. The van der Waals surface area contributed by atoms with E-state index in [1.54, 1.807) is 6.33 Å². The maximum atomic E-state index is 4.35. The van der Waals surface area contributed by atoms with Crippen LogP contribution >= 0.6 is 0 Å². The fraction of sp³-hybridized carbons (Fsp3) is 0.571. The minimum Gasteiger partial charge on any atom is -0.368 e. The van der Waals surface area contributed by atoms with E-state index >= 15 is 0 Å². The molecular formula is C14H21N5. The molecule has 19 heavy (non-hydrogen) atoms. The van der Waals surface area contributed by atoms with Crippen molar-refractivity contribution in [2.24, 2.45) is 0 Å². The van der Waals surface area contributed by atoms with E-state index in [0.717, 1.165) is 23.4 Å². The Labute approximate surface area is 113 Å². The monoisotopic (exact) mass is 259 g/mol. The lowest BCUT2D eigenvalue weighted by molar-refractivity contribution is 0.211. The molecule has 2 aromatic rings. The summed E-state index contributed by atoms with van der Waals surface area (Å²) in [7, 11) is 0. The molecular weight excluding hydrogens is 238 g/mol. The lowest BCUT2D eigenvalue weighted by Gasteiger charge is -2.28. The van der Waals surface area contributed by atoms with Crippen LogP contribution < -0.4 is 5.32 Å². The third-order valence-electron chi connectivity index (χ3n) is 3.95. The Morgan fingerprint density at radius 1 is 1.47 bits per heavy atom. The van der Waals surface area contributed by atoms with Crippen molar-refractivity contribution in [1.29, 1.82) is 0 Å². The number of aromatic nitrogens is 3. The molecule has 0 amide bonds. The van der Waals surface area contributed by atoms with Crippen LogP contribution in [-0.4, -0.2) is 45.0 Å². The number of rotatable bonds is 4. The first kappa shape index (κ1) is 12.4. The Kier molecular flexibility index (Phi) is 3.38. The minimum atomic E-state index is 0.615. The summed E-state index contributed by atoms with van der Waals surface area (Å²) in [6, 6.07) is 3.25. The molecule has 2 aromatic heterocycles. The van der Waals surface area contributed by atoms with Gasteiger partial charge in [-0.05, 0) is 39.3 Å². The van der Waals surface area contributed by atoms with Gasteiger partial charge < -0.3 is 10.3 Å². The summed E-state index contributed by atoms with van der Waals surface area (Å²) in [6.45, 7) is 6.71. The summed E-state index contributed by atoms with van der Waals surface area (Å²) in [5.41, 5.74) is 0.893. The second-order valence-electron chi connectivity index (χ2n) is 5.47. The SMILES string of the molecule is CC(C)N1CCCC1CNc1ncnc2[nH]ccc12. The predicted molar refractivity (Wildman–Crippen MR) is 77.2 cm³/mol. The Balaban J connectivity index is 1.70. The highest BCUT2D eigenvalue weighted by molar-refractivity contribution is 5.86. The van der Waals surface area contributed by atoms with E-state index in [0.29, 0.717) is 12.1 Å². The smallest absolute Gasteiger partial charge is 0.142 e. The van der Waals surface area contributed by atoms with Gasteiger partial charge in [0.25, 0.3) is 0 Å². The van der Waals surface area contributed by atoms with Gasteiger partial charge in [-0.25, -0.2) is 9.97 Å². The molecule has 1 unspecified atom stereocenters. The lowest BCUT2D eigenvalue weighted by Crippen LogP contribution is -2.39. The molecule has 1 fully saturated rings. The Hall–Kier alpha value is -1.62. The molecule has 3 rings (SSSR count). The van der Waals surface area contributed by atoms with Crippen molar-refractivity contribution in [2.45, 2.75) is 38.8 Å². The third kappa shape index (κ3) is 2.42. The average Bonchev–Trinajstić information content (AvgIpc) is 3.04. The van der Waals surface area contributed by atoms with E-state index < -0.39 is 0 Å². The lowest BCUT2D eigenvalue weighted by atomic mass is 10.2. The fourth-order valence-electron chi connectivity index (χ4n) is 2.98. The molecule has 0 bridgehead atoms. The van der Waals surface area contributed by atoms with Crippen LogP contribution in [0.2, 0.25) is 0 Å². The molecule has 0 radical (unpaired) electrons. The van der Waals surface area contributed by atoms with Gasteiger partial charge >= 0.3 is 0 Å². The zero-order valence-corrected chi connectivity index (χ0v) is 11.6. The maximum Gasteiger partial charge on any atom is 0.142 e. The number of hydrogen-bond acceptors (Lipinski definition) is 4. The fourth-order valence-corrected chi connectivity index (χ4v) is 2.98. The van der Waals surface area contributed by atoms with Crippen LogP contribution in [0.1, 0.15) is 26.7 Å². The van der Waals surface area contributed by atoms with Crippen molar-refractivity contribution in [3.8, 4) is 0 Å². The van der Waals surface area contributed by atoms with Crippen LogP contribution in [0.25, 0.3) is 11.0 Å². The number of anilines is 1. The van der Waals surface area contributed by atoms with E-state index in [1.165, 1.54) is 19.4 Å². The van der Waals surface area contributed by atoms with Crippen molar-refractivity contribution in [3.05, 3.63) is 18.6 Å². The first-order valence-corrected chi connectivity index (χ1v) is 7.03. The van der Waals surface area contributed by atoms with Crippen LogP contribution in [0.15, 0.2) is 18.6 Å². The summed E-state index contributed by atoms with van der Waals surface area (Å²) in [6.07, 6.45) is 6.08. The highest BCUT2D eigenvalue weighted by Gasteiger charge is 2.26. The highest BCUT2D eigenvalue weighted by Crippen LogP contribution is 2.22. The molecule has 1 saturated heterocycles. The molecule has 1 aliphatic heterocycles. The van der Waals surface area contributed by atoms with Crippen LogP contribution in [0, 0.1) is 0 Å². The summed E-state index contributed by atoms with van der Waals surface area (Å²) >= 11 is 0. The van der Waals surface area contributed by atoms with Gasteiger partial charge in [0.1, 0.15) is 17.8 Å². The van der Waals surface area contributed by atoms with Gasteiger partial charge in [-0.15, -0.1) is 0 Å². The quantitative estimate of drug-likeness (QED) is 0.884. The van der Waals surface area contributed by atoms with Crippen LogP contribution in [0.3, 0.4) is 0 Å². The Morgan fingerprint density at radius 2 is 2.37 bits per heavy atom. The van der Waals surface area contributed by atoms with E-state index in [9.17, 15) is 0 Å². The zero-order chi connectivity index (χ0) is 13.2. The first-order chi connectivity index (χ1) is 9.25. The first-order valence-electron chi connectivity index (χ1n) is 7.03. The normalized spacial score (nSPS) is 20.5. The largest absolute Gasteiger partial charge is 0.368 e. The number of likely N-dealkylation sites (tertiary alicyclic amines) is 1. The number of nitrogens with one attached hydrogen (secondary N) is 2. The standard InChI is InChI=1S/C14H21N5/c1-10(2)19-7-3-4-11(19)8-16-14-12-5-6-15-13(12)17-9-18-14/h5-6,9-11H,3-4,7-8H2,1-2H3,(H2,15,16,17,18). The Bertz CT molecular complexity index is 548. The van der Waals surface area contributed by atoms with Crippen molar-refractivity contribution in [3.63, 3.8) is 0 Å². The van der Waals surface area contributed by atoms with E-state index in [-0.39, 0.29) is 0 Å². The molecule has 5 nitrogen and oxygen atoms in total. The maximum absolute atomic E-state index is 4.35. The molecule has 0 aliphatic carbocycles. The number of hydrogen-bond donors (Lipinski definition) is 2. The summed E-state index contributed by atoms with van der Waals surface area (Å²) < 4.78 is 0. The average molecular weight is 259 g/mol. The van der Waals surface area contributed by atoms with Gasteiger partial charge in [-0.2, -0.15) is 0 Å². The van der Waals surface area contributed by atoms with Crippen molar-refractivity contribution < 1.29 is 0 Å². The van der Waals surface area contributed by atoms with E-state index in [2.05, 4.69) is 39.0 Å². The molecule has 0 spiro atoms. The second-order valence-corrected chi connectivity index (χ2v) is 5.47. The molecule has 3 heterocycles. The van der Waals surface area contributed by atoms with Crippen molar-refractivity contribution in [2.75, 3.05) is 18.4 Å². The molecule has 1 aliphatic rings. The van der Waals surface area contributed by atoms with Gasteiger partial charge in [-0.1, -0.05) is 0 Å². The van der Waals surface area contributed by atoms with Crippen LogP contribution in [0.4, 0.5) is 5.82 Å². The topological polar surface area (TPSA) is 56.8 Å². The zero-order valence-electron chi connectivity index (χ0n) is 11.6.